The van der Waals surface area contributed by atoms with Crippen molar-refractivity contribution < 1.29 is 4.79 Å². The molecule has 1 N–H and O–H groups in total. The Kier molecular flexibility index (Phi) is 5.30. The molecule has 1 aliphatic heterocycles. The molecule has 0 radical (unpaired) electrons. The summed E-state index contributed by atoms with van der Waals surface area (Å²) in [6.45, 7) is 2.85. The summed E-state index contributed by atoms with van der Waals surface area (Å²) in [5.74, 6) is 0.355. The lowest BCUT2D eigenvalue weighted by Gasteiger charge is -2.27. The lowest BCUT2D eigenvalue weighted by atomic mass is 9.95. The van der Waals surface area contributed by atoms with E-state index in [1.807, 2.05) is 4.90 Å². The van der Waals surface area contributed by atoms with Gasteiger partial charge in [-0.05, 0) is 32.1 Å². The van der Waals surface area contributed by atoms with Crippen molar-refractivity contribution in [3.63, 3.8) is 0 Å². The average molecular weight is 238 g/mol. The molecule has 0 bridgehead atoms. The first-order chi connectivity index (χ1) is 8.36. The van der Waals surface area contributed by atoms with Gasteiger partial charge in [-0.3, -0.25) is 4.79 Å². The molecule has 2 fully saturated rings. The molecule has 98 valence electrons. The van der Waals surface area contributed by atoms with Crippen LogP contribution in [0.3, 0.4) is 0 Å². The maximum Gasteiger partial charge on any atom is 0.223 e. The highest BCUT2D eigenvalue weighted by Gasteiger charge is 2.17. The van der Waals surface area contributed by atoms with Crippen LogP contribution in [0.2, 0.25) is 0 Å². The molecule has 3 nitrogen and oxygen atoms in total. The number of nitrogens with zero attached hydrogens (tertiary/aromatic N) is 1. The Hall–Kier alpha value is -0.570. The minimum absolute atomic E-state index is 0.355. The van der Waals surface area contributed by atoms with Crippen molar-refractivity contribution in [3.8, 4) is 0 Å². The minimum atomic E-state index is 0.355. The van der Waals surface area contributed by atoms with Gasteiger partial charge >= 0.3 is 0 Å². The molecule has 0 aromatic heterocycles. The quantitative estimate of drug-likeness (QED) is 0.815. The zero-order valence-corrected chi connectivity index (χ0v) is 10.9. The first-order valence-corrected chi connectivity index (χ1v) is 7.37. The highest BCUT2D eigenvalue weighted by Crippen LogP contribution is 2.17. The molecule has 2 rings (SSSR count). The molecule has 17 heavy (non-hydrogen) atoms. The topological polar surface area (TPSA) is 32.3 Å². The van der Waals surface area contributed by atoms with Crippen molar-refractivity contribution in [3.05, 3.63) is 0 Å². The number of piperidine rings is 1. The van der Waals surface area contributed by atoms with Gasteiger partial charge in [0.25, 0.3) is 0 Å². The lowest BCUT2D eigenvalue weighted by Crippen LogP contribution is -2.39. The Morgan fingerprint density at radius 2 is 1.65 bits per heavy atom. The fourth-order valence-corrected chi connectivity index (χ4v) is 2.99. The van der Waals surface area contributed by atoms with E-state index in [4.69, 9.17) is 0 Å². The average Bonchev–Trinajstić information content (AvgIpc) is 2.41. The third kappa shape index (κ3) is 4.30. The Balaban J connectivity index is 1.58. The fraction of sp³-hybridized carbons (Fsp3) is 0.929. The number of nitrogens with one attached hydrogen (secondary N) is 1. The van der Waals surface area contributed by atoms with Crippen molar-refractivity contribution >= 4 is 5.91 Å². The van der Waals surface area contributed by atoms with Crippen LogP contribution in [0.15, 0.2) is 0 Å². The van der Waals surface area contributed by atoms with Crippen molar-refractivity contribution in [2.45, 2.75) is 63.8 Å². The smallest absolute Gasteiger partial charge is 0.223 e. The lowest BCUT2D eigenvalue weighted by molar-refractivity contribution is -0.132. The van der Waals surface area contributed by atoms with Crippen molar-refractivity contribution in [1.29, 1.82) is 0 Å². The Bertz CT molecular complexity index is 230. The molecule has 1 aliphatic carbocycles. The Labute approximate surface area is 105 Å². The van der Waals surface area contributed by atoms with Crippen molar-refractivity contribution in [1.82, 2.24) is 10.2 Å². The van der Waals surface area contributed by atoms with E-state index in [2.05, 4.69) is 5.32 Å². The second-order valence-electron chi connectivity index (χ2n) is 5.48. The molecular formula is C14H26N2O. The van der Waals surface area contributed by atoms with Crippen LogP contribution in [0.25, 0.3) is 0 Å². The summed E-state index contributed by atoms with van der Waals surface area (Å²) < 4.78 is 0. The summed E-state index contributed by atoms with van der Waals surface area (Å²) in [5, 5.41) is 3.54. The molecule has 0 atom stereocenters. The molecule has 1 heterocycles. The number of amides is 1. The zero-order valence-electron chi connectivity index (χ0n) is 10.9. The van der Waals surface area contributed by atoms with Crippen molar-refractivity contribution in [2.75, 3.05) is 19.6 Å². The van der Waals surface area contributed by atoms with Gasteiger partial charge in [0, 0.05) is 32.1 Å². The molecule has 3 heteroatoms. The van der Waals surface area contributed by atoms with E-state index >= 15 is 0 Å². The highest BCUT2D eigenvalue weighted by atomic mass is 16.2. The van der Waals surface area contributed by atoms with E-state index in [9.17, 15) is 4.79 Å². The molecule has 1 saturated carbocycles. The van der Waals surface area contributed by atoms with Gasteiger partial charge in [0.15, 0.2) is 0 Å². The molecule has 1 amide bonds. The van der Waals surface area contributed by atoms with Crippen LogP contribution in [0.1, 0.15) is 57.8 Å². The van der Waals surface area contributed by atoms with E-state index in [0.29, 0.717) is 18.4 Å². The largest absolute Gasteiger partial charge is 0.343 e. The van der Waals surface area contributed by atoms with Gasteiger partial charge in [0.2, 0.25) is 5.91 Å². The number of hydrogen-bond acceptors (Lipinski definition) is 2. The zero-order chi connectivity index (χ0) is 11.9. The Morgan fingerprint density at radius 1 is 1.00 bits per heavy atom. The fourth-order valence-electron chi connectivity index (χ4n) is 2.99. The third-order valence-electron chi connectivity index (χ3n) is 4.09. The van der Waals surface area contributed by atoms with Crippen LogP contribution in [-0.4, -0.2) is 36.5 Å². The van der Waals surface area contributed by atoms with Gasteiger partial charge in [0.05, 0.1) is 0 Å². The van der Waals surface area contributed by atoms with E-state index in [-0.39, 0.29) is 0 Å². The van der Waals surface area contributed by atoms with E-state index in [1.165, 1.54) is 51.4 Å². The highest BCUT2D eigenvalue weighted by molar-refractivity contribution is 5.76. The summed E-state index contributed by atoms with van der Waals surface area (Å²) >= 11 is 0. The van der Waals surface area contributed by atoms with Gasteiger partial charge in [-0.1, -0.05) is 19.3 Å². The van der Waals surface area contributed by atoms with Crippen LogP contribution in [0, 0.1) is 0 Å². The number of carbonyl (C=O) groups is 1. The van der Waals surface area contributed by atoms with Gasteiger partial charge < -0.3 is 10.2 Å². The van der Waals surface area contributed by atoms with Crippen LogP contribution in [0.5, 0.6) is 0 Å². The molecule has 0 spiro atoms. The molecule has 0 unspecified atom stereocenters. The first kappa shape index (κ1) is 12.9. The summed E-state index contributed by atoms with van der Waals surface area (Å²) in [5.41, 5.74) is 0. The molecule has 2 aliphatic rings. The Morgan fingerprint density at radius 3 is 2.35 bits per heavy atom. The van der Waals surface area contributed by atoms with Crippen LogP contribution < -0.4 is 5.32 Å². The number of carbonyl (C=O) groups excluding carboxylic acids is 1. The normalized spacial score (nSPS) is 22.7. The first-order valence-electron chi connectivity index (χ1n) is 7.37. The predicted molar refractivity (Wildman–Crippen MR) is 69.9 cm³/mol. The van der Waals surface area contributed by atoms with E-state index in [0.717, 1.165) is 19.6 Å². The SMILES string of the molecule is O=C(CCNC1CCCCC1)N1CCCCC1. The maximum absolute atomic E-state index is 11.9. The summed E-state index contributed by atoms with van der Waals surface area (Å²) in [6, 6.07) is 0.679. The monoisotopic (exact) mass is 238 g/mol. The van der Waals surface area contributed by atoms with E-state index < -0.39 is 0 Å². The van der Waals surface area contributed by atoms with Gasteiger partial charge in [0.1, 0.15) is 0 Å². The standard InChI is InChI=1S/C14H26N2O/c17-14(16-11-5-2-6-12-16)9-10-15-13-7-3-1-4-8-13/h13,15H,1-12H2. The molecule has 0 aromatic rings. The maximum atomic E-state index is 11.9. The molecule has 0 aromatic carbocycles. The second kappa shape index (κ2) is 7.00. The minimum Gasteiger partial charge on any atom is -0.343 e. The molecular weight excluding hydrogens is 212 g/mol. The number of hydrogen-bond donors (Lipinski definition) is 1. The van der Waals surface area contributed by atoms with E-state index in [1.54, 1.807) is 0 Å². The molecule has 1 saturated heterocycles. The number of rotatable bonds is 4. The van der Waals surface area contributed by atoms with Gasteiger partial charge in [-0.2, -0.15) is 0 Å². The summed E-state index contributed by atoms with van der Waals surface area (Å²) in [4.78, 5) is 14.0. The summed E-state index contributed by atoms with van der Waals surface area (Å²) in [7, 11) is 0. The van der Waals surface area contributed by atoms with Crippen LogP contribution >= 0.6 is 0 Å². The number of likely N-dealkylation sites (tertiary alicyclic amines) is 1. The van der Waals surface area contributed by atoms with Crippen LogP contribution in [-0.2, 0) is 4.79 Å². The van der Waals surface area contributed by atoms with Gasteiger partial charge in [-0.25, -0.2) is 0 Å². The predicted octanol–water partition coefficient (Wildman–Crippen LogP) is 2.31. The summed E-state index contributed by atoms with van der Waals surface area (Å²) in [6.07, 6.45) is 11.1. The second-order valence-corrected chi connectivity index (χ2v) is 5.48. The third-order valence-corrected chi connectivity index (χ3v) is 4.09. The van der Waals surface area contributed by atoms with Gasteiger partial charge in [-0.15, -0.1) is 0 Å². The van der Waals surface area contributed by atoms with Crippen LogP contribution in [0.4, 0.5) is 0 Å². The van der Waals surface area contributed by atoms with Crippen molar-refractivity contribution in [2.24, 2.45) is 0 Å².